The molecule has 0 rings (SSSR count). The predicted molar refractivity (Wildman–Crippen MR) is 54.7 cm³/mol. The van der Waals surface area contributed by atoms with Gasteiger partial charge in [-0.2, -0.15) is 0 Å². The predicted octanol–water partition coefficient (Wildman–Crippen LogP) is 1.03. The van der Waals surface area contributed by atoms with Crippen molar-refractivity contribution < 1.29 is 14.6 Å². The lowest BCUT2D eigenvalue weighted by Gasteiger charge is -2.26. The SMILES string of the molecule is CCC(NC(O)OC(C)(C)C)C(C)=O. The zero-order valence-corrected chi connectivity index (χ0v) is 9.63. The van der Waals surface area contributed by atoms with E-state index in [9.17, 15) is 9.90 Å². The molecule has 0 aliphatic heterocycles. The first-order valence-corrected chi connectivity index (χ1v) is 4.88. The van der Waals surface area contributed by atoms with E-state index >= 15 is 0 Å². The molecule has 14 heavy (non-hydrogen) atoms. The summed E-state index contributed by atoms with van der Waals surface area (Å²) >= 11 is 0. The monoisotopic (exact) mass is 203 g/mol. The summed E-state index contributed by atoms with van der Waals surface area (Å²) in [5.74, 6) is 0.00376. The number of rotatable bonds is 5. The van der Waals surface area contributed by atoms with Crippen molar-refractivity contribution in [2.24, 2.45) is 0 Å². The van der Waals surface area contributed by atoms with Gasteiger partial charge in [0.2, 0.25) is 6.41 Å². The third kappa shape index (κ3) is 6.07. The zero-order chi connectivity index (χ0) is 11.4. The highest BCUT2D eigenvalue weighted by atomic mass is 16.6. The van der Waals surface area contributed by atoms with Crippen LogP contribution in [0.5, 0.6) is 0 Å². The van der Waals surface area contributed by atoms with Crippen molar-refractivity contribution in [1.82, 2.24) is 5.32 Å². The Bertz CT molecular complexity index is 186. The third-order valence-corrected chi connectivity index (χ3v) is 1.71. The first-order valence-electron chi connectivity index (χ1n) is 4.88. The molecule has 4 nitrogen and oxygen atoms in total. The number of hydrogen-bond donors (Lipinski definition) is 2. The Morgan fingerprint density at radius 1 is 1.50 bits per heavy atom. The molecule has 2 unspecified atom stereocenters. The van der Waals surface area contributed by atoms with Gasteiger partial charge in [0, 0.05) is 0 Å². The summed E-state index contributed by atoms with van der Waals surface area (Å²) in [5.41, 5.74) is -0.429. The van der Waals surface area contributed by atoms with Gasteiger partial charge in [-0.25, -0.2) is 0 Å². The number of aliphatic hydroxyl groups excluding tert-OH is 1. The van der Waals surface area contributed by atoms with Crippen molar-refractivity contribution in [3.05, 3.63) is 0 Å². The molecule has 2 N–H and O–H groups in total. The number of ketones is 1. The van der Waals surface area contributed by atoms with E-state index in [-0.39, 0.29) is 11.8 Å². The van der Waals surface area contributed by atoms with E-state index in [0.717, 1.165) is 0 Å². The first-order chi connectivity index (χ1) is 6.26. The summed E-state index contributed by atoms with van der Waals surface area (Å²) in [6, 6.07) is -0.340. The number of aliphatic hydroxyl groups is 1. The molecule has 0 aliphatic rings. The lowest BCUT2D eigenvalue weighted by Crippen LogP contribution is -2.46. The fourth-order valence-corrected chi connectivity index (χ4v) is 1.06. The fourth-order valence-electron chi connectivity index (χ4n) is 1.06. The summed E-state index contributed by atoms with van der Waals surface area (Å²) in [6.45, 7) is 8.89. The molecule has 2 atom stereocenters. The van der Waals surface area contributed by atoms with Crippen LogP contribution < -0.4 is 5.32 Å². The van der Waals surface area contributed by atoms with Crippen molar-refractivity contribution in [3.8, 4) is 0 Å². The van der Waals surface area contributed by atoms with E-state index in [2.05, 4.69) is 5.32 Å². The Balaban J connectivity index is 4.03. The van der Waals surface area contributed by atoms with Crippen LogP contribution in [0.25, 0.3) is 0 Å². The molecule has 0 saturated carbocycles. The van der Waals surface area contributed by atoms with E-state index in [1.165, 1.54) is 6.92 Å². The van der Waals surface area contributed by atoms with E-state index < -0.39 is 12.0 Å². The van der Waals surface area contributed by atoms with Gasteiger partial charge in [0.15, 0.2) is 0 Å². The minimum atomic E-state index is -1.09. The normalized spacial score (nSPS) is 16.4. The van der Waals surface area contributed by atoms with Gasteiger partial charge in [0.1, 0.15) is 5.78 Å². The van der Waals surface area contributed by atoms with Crippen LogP contribution in [-0.2, 0) is 9.53 Å². The minimum absolute atomic E-state index is 0.00376. The second-order valence-electron chi connectivity index (χ2n) is 4.32. The van der Waals surface area contributed by atoms with Crippen molar-refractivity contribution in [2.45, 2.75) is 59.1 Å². The van der Waals surface area contributed by atoms with Crippen molar-refractivity contribution in [1.29, 1.82) is 0 Å². The van der Waals surface area contributed by atoms with Crippen LogP contribution in [0, 0.1) is 0 Å². The van der Waals surface area contributed by atoms with E-state index in [1.54, 1.807) is 0 Å². The lowest BCUT2D eigenvalue weighted by molar-refractivity contribution is -0.186. The van der Waals surface area contributed by atoms with Gasteiger partial charge in [-0.15, -0.1) is 0 Å². The van der Waals surface area contributed by atoms with Crippen LogP contribution in [0.1, 0.15) is 41.0 Å². The molecule has 0 spiro atoms. The lowest BCUT2D eigenvalue weighted by atomic mass is 10.1. The fraction of sp³-hybridized carbons (Fsp3) is 0.900. The summed E-state index contributed by atoms with van der Waals surface area (Å²) in [5, 5.41) is 12.2. The first kappa shape index (κ1) is 13.5. The molecule has 0 amide bonds. The molecule has 0 fully saturated rings. The molecular formula is C10H21NO3. The van der Waals surface area contributed by atoms with E-state index in [0.29, 0.717) is 6.42 Å². The van der Waals surface area contributed by atoms with Gasteiger partial charge in [0.25, 0.3) is 0 Å². The van der Waals surface area contributed by atoms with Gasteiger partial charge >= 0.3 is 0 Å². The zero-order valence-electron chi connectivity index (χ0n) is 9.63. The Kier molecular flexibility index (Phi) is 5.26. The van der Waals surface area contributed by atoms with E-state index in [1.807, 2.05) is 27.7 Å². The number of carbonyl (C=O) groups is 1. The van der Waals surface area contributed by atoms with Gasteiger partial charge in [-0.05, 0) is 34.1 Å². The molecule has 0 aromatic rings. The topological polar surface area (TPSA) is 58.6 Å². The molecular weight excluding hydrogens is 182 g/mol. The Hall–Kier alpha value is -0.450. The number of hydrogen-bond acceptors (Lipinski definition) is 4. The van der Waals surface area contributed by atoms with Gasteiger partial charge in [-0.1, -0.05) is 6.92 Å². The van der Waals surface area contributed by atoms with Gasteiger partial charge < -0.3 is 9.84 Å². The average molecular weight is 203 g/mol. The largest absolute Gasteiger partial charge is 0.356 e. The summed E-state index contributed by atoms with van der Waals surface area (Å²) < 4.78 is 5.21. The number of Topliss-reactive ketones (excluding diaryl/α,β-unsaturated/α-hetero) is 1. The van der Waals surface area contributed by atoms with Crippen molar-refractivity contribution in [3.63, 3.8) is 0 Å². The molecule has 0 aromatic heterocycles. The Morgan fingerprint density at radius 3 is 2.29 bits per heavy atom. The minimum Gasteiger partial charge on any atom is -0.356 e. The maximum Gasteiger partial charge on any atom is 0.214 e. The number of carbonyl (C=O) groups excluding carboxylic acids is 1. The van der Waals surface area contributed by atoms with Crippen molar-refractivity contribution in [2.75, 3.05) is 0 Å². The number of nitrogens with one attached hydrogen (secondary N) is 1. The molecule has 0 aliphatic carbocycles. The Morgan fingerprint density at radius 2 is 2.00 bits per heavy atom. The molecule has 4 heteroatoms. The van der Waals surface area contributed by atoms with E-state index in [4.69, 9.17) is 4.74 Å². The molecule has 0 radical (unpaired) electrons. The van der Waals surface area contributed by atoms with Crippen LogP contribution in [0.2, 0.25) is 0 Å². The highest BCUT2D eigenvalue weighted by Crippen LogP contribution is 2.08. The second kappa shape index (κ2) is 5.44. The van der Waals surface area contributed by atoms with Crippen LogP contribution in [0.4, 0.5) is 0 Å². The van der Waals surface area contributed by atoms with Gasteiger partial charge in [0.05, 0.1) is 11.6 Å². The summed E-state index contributed by atoms with van der Waals surface area (Å²) in [7, 11) is 0. The smallest absolute Gasteiger partial charge is 0.214 e. The molecule has 0 bridgehead atoms. The third-order valence-electron chi connectivity index (χ3n) is 1.71. The number of ether oxygens (including phenoxy) is 1. The highest BCUT2D eigenvalue weighted by molar-refractivity contribution is 5.81. The molecule has 0 aromatic carbocycles. The standard InChI is InChI=1S/C10H21NO3/c1-6-8(7(2)12)11-9(13)14-10(3,4)5/h8-9,11,13H,6H2,1-5H3. The highest BCUT2D eigenvalue weighted by Gasteiger charge is 2.20. The van der Waals surface area contributed by atoms with Crippen LogP contribution >= 0.6 is 0 Å². The Labute approximate surface area is 85.6 Å². The maximum atomic E-state index is 11.0. The quantitative estimate of drug-likeness (QED) is 0.655. The maximum absolute atomic E-state index is 11.0. The summed E-state index contributed by atoms with van der Waals surface area (Å²) in [4.78, 5) is 11.0. The van der Waals surface area contributed by atoms with Gasteiger partial charge in [-0.3, -0.25) is 10.1 Å². The molecule has 0 heterocycles. The second-order valence-corrected chi connectivity index (χ2v) is 4.32. The van der Waals surface area contributed by atoms with Crippen LogP contribution in [-0.4, -0.2) is 28.9 Å². The van der Waals surface area contributed by atoms with Crippen LogP contribution in [0.3, 0.4) is 0 Å². The average Bonchev–Trinajstić information content (AvgIpc) is 1.96. The molecule has 84 valence electrons. The molecule has 0 saturated heterocycles. The summed E-state index contributed by atoms with van der Waals surface area (Å²) in [6.07, 6.45) is -0.455. The van der Waals surface area contributed by atoms with Crippen molar-refractivity contribution >= 4 is 5.78 Å². The van der Waals surface area contributed by atoms with Crippen LogP contribution in [0.15, 0.2) is 0 Å².